The number of rotatable bonds is 5. The molecule has 2 heterocycles. The van der Waals surface area contributed by atoms with Crippen LogP contribution in [0.3, 0.4) is 0 Å². The molecule has 2 aromatic rings. The molecule has 1 atom stereocenters. The van der Waals surface area contributed by atoms with Crippen molar-refractivity contribution in [1.29, 1.82) is 0 Å². The zero-order chi connectivity index (χ0) is 17.3. The molecule has 0 bridgehead atoms. The second-order valence-electron chi connectivity index (χ2n) is 5.98. The lowest BCUT2D eigenvalue weighted by molar-refractivity contribution is -0.113. The highest BCUT2D eigenvalue weighted by molar-refractivity contribution is 7.99. The van der Waals surface area contributed by atoms with Crippen molar-refractivity contribution in [1.82, 2.24) is 14.8 Å². The number of carbonyl (C=O) groups is 2. The van der Waals surface area contributed by atoms with Crippen molar-refractivity contribution >= 4 is 52.3 Å². The Morgan fingerprint density at radius 1 is 1.52 bits per heavy atom. The Bertz CT molecular complexity index is 789. The molecule has 0 aromatic carbocycles. The molecule has 0 saturated carbocycles. The van der Waals surface area contributed by atoms with Crippen molar-refractivity contribution in [3.8, 4) is 0 Å². The van der Waals surface area contributed by atoms with Crippen LogP contribution in [0.1, 0.15) is 34.1 Å². The smallest absolute Gasteiger partial charge is 0.251 e. The van der Waals surface area contributed by atoms with Crippen LogP contribution in [-0.2, 0) is 24.7 Å². The van der Waals surface area contributed by atoms with Crippen molar-refractivity contribution < 1.29 is 9.59 Å². The summed E-state index contributed by atoms with van der Waals surface area (Å²) >= 11 is 2.77. The molecule has 0 fully saturated rings. The fourth-order valence-corrected chi connectivity index (χ4v) is 4.92. The first kappa shape index (κ1) is 19.7. The Morgan fingerprint density at radius 2 is 2.28 bits per heavy atom. The summed E-state index contributed by atoms with van der Waals surface area (Å²) in [7, 11) is 1.82. The maximum Gasteiger partial charge on any atom is 0.251 e. The molecule has 1 aliphatic rings. The largest absolute Gasteiger partial charge is 0.365 e. The molecule has 0 radical (unpaired) electrons. The average Bonchev–Trinajstić information content (AvgIpc) is 3.07. The number of hydrogen-bond donors (Lipinski definition) is 2. The van der Waals surface area contributed by atoms with Crippen LogP contribution in [-0.4, -0.2) is 32.3 Å². The molecular weight excluding hydrogens is 382 g/mol. The van der Waals surface area contributed by atoms with Gasteiger partial charge < -0.3 is 15.6 Å². The van der Waals surface area contributed by atoms with Crippen LogP contribution in [0.2, 0.25) is 0 Å². The van der Waals surface area contributed by atoms with E-state index in [4.69, 9.17) is 5.73 Å². The van der Waals surface area contributed by atoms with Gasteiger partial charge in [-0.2, -0.15) is 0 Å². The fraction of sp³-hybridized carbons (Fsp3) is 0.467. The van der Waals surface area contributed by atoms with Crippen LogP contribution >= 0.6 is 35.5 Å². The number of nitrogens with zero attached hydrogens (tertiary/aromatic N) is 3. The van der Waals surface area contributed by atoms with Gasteiger partial charge in [0.05, 0.1) is 11.3 Å². The summed E-state index contributed by atoms with van der Waals surface area (Å²) in [4.78, 5) is 25.3. The van der Waals surface area contributed by atoms with Crippen LogP contribution in [0, 0.1) is 5.92 Å². The van der Waals surface area contributed by atoms with Gasteiger partial charge in [0.15, 0.2) is 5.16 Å². The molecule has 2 aromatic heterocycles. The van der Waals surface area contributed by atoms with E-state index in [9.17, 15) is 9.59 Å². The van der Waals surface area contributed by atoms with E-state index in [1.165, 1.54) is 28.0 Å². The first-order valence-electron chi connectivity index (χ1n) is 7.66. The Kier molecular flexibility index (Phi) is 6.47. The number of nitrogens with two attached hydrogens (primary N) is 1. The van der Waals surface area contributed by atoms with Crippen molar-refractivity contribution in [2.45, 2.75) is 31.3 Å². The van der Waals surface area contributed by atoms with Crippen molar-refractivity contribution in [2.75, 3.05) is 11.1 Å². The zero-order valence-corrected chi connectivity index (χ0v) is 16.4. The molecular formula is C15H20ClN5O2S2. The number of amides is 2. The van der Waals surface area contributed by atoms with E-state index >= 15 is 0 Å². The molecule has 0 spiro atoms. The van der Waals surface area contributed by atoms with Gasteiger partial charge in [-0.1, -0.05) is 18.7 Å². The minimum atomic E-state index is -0.474. The molecule has 136 valence electrons. The van der Waals surface area contributed by atoms with Crippen LogP contribution in [0.15, 0.2) is 11.5 Å². The highest BCUT2D eigenvalue weighted by atomic mass is 35.5. The number of hydrogen-bond acceptors (Lipinski definition) is 6. The van der Waals surface area contributed by atoms with Gasteiger partial charge in [-0.3, -0.25) is 9.59 Å². The lowest BCUT2D eigenvalue weighted by atomic mass is 9.88. The van der Waals surface area contributed by atoms with Gasteiger partial charge in [-0.25, -0.2) is 0 Å². The topological polar surface area (TPSA) is 103 Å². The van der Waals surface area contributed by atoms with Crippen LogP contribution in [0.25, 0.3) is 0 Å². The summed E-state index contributed by atoms with van der Waals surface area (Å²) in [5, 5.41) is 11.8. The average molecular weight is 402 g/mol. The standard InChI is InChI=1S/C15H19N5O2S2.ClH/c1-8-3-4-9-10(5-8)24-14(12(9)13(16)22)18-11(21)6-23-15-19-17-7-20(15)2;/h7-8H,3-6H2,1-2H3,(H2,16,22)(H,18,21);1H. The van der Waals surface area contributed by atoms with E-state index in [1.54, 1.807) is 10.9 Å². The first-order valence-corrected chi connectivity index (χ1v) is 9.47. The predicted molar refractivity (Wildman–Crippen MR) is 102 cm³/mol. The van der Waals surface area contributed by atoms with E-state index < -0.39 is 5.91 Å². The van der Waals surface area contributed by atoms with E-state index in [2.05, 4.69) is 22.4 Å². The predicted octanol–water partition coefficient (Wildman–Crippen LogP) is 2.25. The summed E-state index contributed by atoms with van der Waals surface area (Å²) in [5.41, 5.74) is 7.05. The minimum absolute atomic E-state index is 0. The number of thioether (sulfide) groups is 1. The molecule has 0 aliphatic heterocycles. The van der Waals surface area contributed by atoms with Gasteiger partial charge in [-0.05, 0) is 30.7 Å². The number of fused-ring (bicyclic) bond motifs is 1. The van der Waals surface area contributed by atoms with E-state index in [-0.39, 0.29) is 24.1 Å². The number of halogens is 1. The first-order chi connectivity index (χ1) is 11.5. The van der Waals surface area contributed by atoms with Crippen molar-refractivity contribution in [3.05, 3.63) is 22.3 Å². The molecule has 1 unspecified atom stereocenters. The summed E-state index contributed by atoms with van der Waals surface area (Å²) in [5.74, 6) is 0.131. The van der Waals surface area contributed by atoms with E-state index in [1.807, 2.05) is 7.05 Å². The third kappa shape index (κ3) is 4.34. The van der Waals surface area contributed by atoms with Gasteiger partial charge in [0, 0.05) is 11.9 Å². The van der Waals surface area contributed by atoms with Gasteiger partial charge in [-0.15, -0.1) is 33.9 Å². The van der Waals surface area contributed by atoms with Gasteiger partial charge in [0.1, 0.15) is 11.3 Å². The molecule has 1 aliphatic carbocycles. The van der Waals surface area contributed by atoms with E-state index in [0.29, 0.717) is 21.6 Å². The Balaban J connectivity index is 0.00000225. The lowest BCUT2D eigenvalue weighted by Gasteiger charge is -2.18. The highest BCUT2D eigenvalue weighted by Crippen LogP contribution is 2.39. The van der Waals surface area contributed by atoms with Crippen molar-refractivity contribution in [3.63, 3.8) is 0 Å². The Hall–Kier alpha value is -1.58. The summed E-state index contributed by atoms with van der Waals surface area (Å²) in [6.45, 7) is 2.20. The fourth-order valence-electron chi connectivity index (χ4n) is 2.80. The molecule has 2 amide bonds. The lowest BCUT2D eigenvalue weighted by Crippen LogP contribution is -2.20. The number of aromatic nitrogens is 3. The van der Waals surface area contributed by atoms with Crippen LogP contribution in [0.4, 0.5) is 5.00 Å². The number of nitrogens with one attached hydrogen (secondary N) is 1. The summed E-state index contributed by atoms with van der Waals surface area (Å²) in [6, 6.07) is 0. The maximum absolute atomic E-state index is 12.2. The van der Waals surface area contributed by atoms with Crippen LogP contribution < -0.4 is 11.1 Å². The second kappa shape index (κ2) is 8.20. The number of anilines is 1. The molecule has 0 saturated heterocycles. The second-order valence-corrected chi connectivity index (χ2v) is 8.03. The third-order valence-corrected chi connectivity index (χ3v) is 6.22. The highest BCUT2D eigenvalue weighted by Gasteiger charge is 2.27. The number of carbonyl (C=O) groups excluding carboxylic acids is 2. The van der Waals surface area contributed by atoms with Gasteiger partial charge in [0.25, 0.3) is 5.91 Å². The zero-order valence-electron chi connectivity index (χ0n) is 13.9. The molecule has 3 rings (SSSR count). The monoisotopic (exact) mass is 401 g/mol. The number of thiophene rings is 1. The number of aryl methyl sites for hydroxylation is 1. The van der Waals surface area contributed by atoms with Gasteiger partial charge >= 0.3 is 0 Å². The normalized spacial score (nSPS) is 16.0. The molecule has 7 nitrogen and oxygen atoms in total. The molecule has 25 heavy (non-hydrogen) atoms. The molecule has 3 N–H and O–H groups in total. The molecule has 10 heteroatoms. The van der Waals surface area contributed by atoms with Crippen LogP contribution in [0.5, 0.6) is 0 Å². The van der Waals surface area contributed by atoms with Crippen molar-refractivity contribution in [2.24, 2.45) is 18.7 Å². The number of primary amides is 1. The third-order valence-electron chi connectivity index (χ3n) is 4.01. The summed E-state index contributed by atoms with van der Waals surface area (Å²) < 4.78 is 1.75. The summed E-state index contributed by atoms with van der Waals surface area (Å²) in [6.07, 6.45) is 4.40. The maximum atomic E-state index is 12.2. The van der Waals surface area contributed by atoms with Gasteiger partial charge in [0.2, 0.25) is 5.91 Å². The Labute approximate surface area is 160 Å². The quantitative estimate of drug-likeness (QED) is 0.748. The SMILES string of the molecule is CC1CCc2c(sc(NC(=O)CSc3nncn3C)c2C(N)=O)C1.Cl. The van der Waals surface area contributed by atoms with E-state index in [0.717, 1.165) is 24.8 Å². The Morgan fingerprint density at radius 3 is 2.92 bits per heavy atom. The minimum Gasteiger partial charge on any atom is -0.365 e.